The van der Waals surface area contributed by atoms with E-state index in [2.05, 4.69) is 31.3 Å². The number of benzene rings is 1. The lowest BCUT2D eigenvalue weighted by molar-refractivity contribution is 0.144. The number of ether oxygens (including phenoxy) is 1. The van der Waals surface area contributed by atoms with Crippen LogP contribution in [0.2, 0.25) is 0 Å². The van der Waals surface area contributed by atoms with Crippen molar-refractivity contribution in [3.63, 3.8) is 0 Å². The highest BCUT2D eigenvalue weighted by Crippen LogP contribution is 2.16. The third kappa shape index (κ3) is 5.62. The standard InChI is InChI=1S/C16H27NO2/c1-4-10-17-16(3,13-18)9-11-19-15-8-6-7-14(5-2)12-15/h6-8,12,17-18H,4-5,9-11,13H2,1-3H3. The summed E-state index contributed by atoms with van der Waals surface area (Å²) in [4.78, 5) is 0. The molecule has 0 radical (unpaired) electrons. The SMILES string of the molecule is CCCNC(C)(CO)CCOc1cccc(CC)c1. The summed E-state index contributed by atoms with van der Waals surface area (Å²) in [6.45, 7) is 7.96. The molecule has 0 aliphatic carbocycles. The fourth-order valence-corrected chi connectivity index (χ4v) is 1.90. The molecule has 1 unspecified atom stereocenters. The van der Waals surface area contributed by atoms with E-state index in [1.807, 2.05) is 19.1 Å². The van der Waals surface area contributed by atoms with Gasteiger partial charge in [0.2, 0.25) is 0 Å². The van der Waals surface area contributed by atoms with Crippen LogP contribution in [-0.2, 0) is 6.42 Å². The molecule has 3 nitrogen and oxygen atoms in total. The zero-order valence-corrected chi connectivity index (χ0v) is 12.4. The molecule has 108 valence electrons. The summed E-state index contributed by atoms with van der Waals surface area (Å²) in [7, 11) is 0. The van der Waals surface area contributed by atoms with Gasteiger partial charge in [-0.3, -0.25) is 0 Å². The molecular weight excluding hydrogens is 238 g/mol. The van der Waals surface area contributed by atoms with Crippen LogP contribution in [0, 0.1) is 0 Å². The molecule has 1 aromatic carbocycles. The Hall–Kier alpha value is -1.06. The maximum absolute atomic E-state index is 9.47. The largest absolute Gasteiger partial charge is 0.494 e. The summed E-state index contributed by atoms with van der Waals surface area (Å²) < 4.78 is 5.77. The summed E-state index contributed by atoms with van der Waals surface area (Å²) in [5.41, 5.74) is 1.03. The Labute approximate surface area is 117 Å². The molecule has 0 aromatic heterocycles. The second-order valence-corrected chi connectivity index (χ2v) is 5.24. The van der Waals surface area contributed by atoms with Gasteiger partial charge in [-0.1, -0.05) is 26.0 Å². The average molecular weight is 265 g/mol. The van der Waals surface area contributed by atoms with E-state index in [0.717, 1.165) is 31.6 Å². The minimum atomic E-state index is -0.252. The van der Waals surface area contributed by atoms with Crippen molar-refractivity contribution in [1.82, 2.24) is 5.32 Å². The van der Waals surface area contributed by atoms with Gasteiger partial charge >= 0.3 is 0 Å². The Morgan fingerprint density at radius 3 is 2.74 bits per heavy atom. The zero-order chi connectivity index (χ0) is 14.1. The van der Waals surface area contributed by atoms with Crippen LogP contribution in [0.15, 0.2) is 24.3 Å². The summed E-state index contributed by atoms with van der Waals surface area (Å²) in [6.07, 6.45) is 2.87. The number of hydrogen-bond acceptors (Lipinski definition) is 3. The number of aliphatic hydroxyl groups excluding tert-OH is 1. The quantitative estimate of drug-likeness (QED) is 0.721. The van der Waals surface area contributed by atoms with E-state index in [0.29, 0.717) is 6.61 Å². The van der Waals surface area contributed by atoms with Gasteiger partial charge in [-0.15, -0.1) is 0 Å². The Morgan fingerprint density at radius 2 is 2.11 bits per heavy atom. The van der Waals surface area contributed by atoms with Crippen LogP contribution in [0.4, 0.5) is 0 Å². The van der Waals surface area contributed by atoms with Crippen molar-refractivity contribution in [3.8, 4) is 5.75 Å². The van der Waals surface area contributed by atoms with Crippen LogP contribution in [0.5, 0.6) is 5.75 Å². The van der Waals surface area contributed by atoms with Gasteiger partial charge in [-0.25, -0.2) is 0 Å². The van der Waals surface area contributed by atoms with Gasteiger partial charge in [0.1, 0.15) is 5.75 Å². The average Bonchev–Trinajstić information content (AvgIpc) is 2.45. The van der Waals surface area contributed by atoms with Gasteiger partial charge in [-0.05, 0) is 44.0 Å². The van der Waals surface area contributed by atoms with E-state index in [-0.39, 0.29) is 12.1 Å². The molecule has 0 saturated carbocycles. The molecule has 1 rings (SSSR count). The maximum Gasteiger partial charge on any atom is 0.119 e. The Bertz CT molecular complexity index is 368. The van der Waals surface area contributed by atoms with Crippen molar-refractivity contribution in [1.29, 1.82) is 0 Å². The molecule has 0 heterocycles. The Kier molecular flexibility index (Phi) is 6.89. The molecule has 2 N–H and O–H groups in total. The first kappa shape index (κ1) is 16.0. The highest BCUT2D eigenvalue weighted by Gasteiger charge is 2.21. The number of aliphatic hydroxyl groups is 1. The first-order chi connectivity index (χ1) is 9.13. The van der Waals surface area contributed by atoms with Gasteiger partial charge in [0, 0.05) is 12.0 Å². The fraction of sp³-hybridized carbons (Fsp3) is 0.625. The van der Waals surface area contributed by atoms with Crippen LogP contribution in [0.25, 0.3) is 0 Å². The van der Waals surface area contributed by atoms with Crippen molar-refractivity contribution >= 4 is 0 Å². The molecule has 0 amide bonds. The predicted octanol–water partition coefficient (Wildman–Crippen LogP) is 2.77. The lowest BCUT2D eigenvalue weighted by Gasteiger charge is -2.28. The molecule has 3 heteroatoms. The van der Waals surface area contributed by atoms with Crippen molar-refractivity contribution < 1.29 is 9.84 Å². The smallest absolute Gasteiger partial charge is 0.119 e. The van der Waals surface area contributed by atoms with E-state index < -0.39 is 0 Å². The van der Waals surface area contributed by atoms with Crippen molar-refractivity contribution in [2.75, 3.05) is 19.8 Å². The third-order valence-electron chi connectivity index (χ3n) is 3.38. The van der Waals surface area contributed by atoms with Crippen LogP contribution < -0.4 is 10.1 Å². The normalized spacial score (nSPS) is 14.1. The zero-order valence-electron chi connectivity index (χ0n) is 12.4. The van der Waals surface area contributed by atoms with Gasteiger partial charge in [-0.2, -0.15) is 0 Å². The Balaban J connectivity index is 2.43. The minimum Gasteiger partial charge on any atom is -0.494 e. The molecule has 1 aromatic rings. The second-order valence-electron chi connectivity index (χ2n) is 5.24. The van der Waals surface area contributed by atoms with Gasteiger partial charge in [0.05, 0.1) is 13.2 Å². The van der Waals surface area contributed by atoms with Crippen molar-refractivity contribution in [3.05, 3.63) is 29.8 Å². The van der Waals surface area contributed by atoms with E-state index >= 15 is 0 Å². The summed E-state index contributed by atoms with van der Waals surface area (Å²) in [5.74, 6) is 0.912. The Morgan fingerprint density at radius 1 is 1.32 bits per heavy atom. The van der Waals surface area contributed by atoms with Gasteiger partial charge < -0.3 is 15.2 Å². The summed E-state index contributed by atoms with van der Waals surface area (Å²) >= 11 is 0. The fourth-order valence-electron chi connectivity index (χ4n) is 1.90. The van der Waals surface area contributed by atoms with E-state index in [9.17, 15) is 5.11 Å². The van der Waals surface area contributed by atoms with E-state index in [4.69, 9.17) is 4.74 Å². The first-order valence-electron chi connectivity index (χ1n) is 7.21. The third-order valence-corrected chi connectivity index (χ3v) is 3.38. The molecule has 19 heavy (non-hydrogen) atoms. The molecule has 0 bridgehead atoms. The lowest BCUT2D eigenvalue weighted by atomic mass is 9.99. The molecule has 0 aliphatic heterocycles. The number of nitrogens with one attached hydrogen (secondary N) is 1. The van der Waals surface area contributed by atoms with Crippen LogP contribution in [0.1, 0.15) is 39.2 Å². The minimum absolute atomic E-state index is 0.130. The topological polar surface area (TPSA) is 41.5 Å². The first-order valence-corrected chi connectivity index (χ1v) is 7.21. The predicted molar refractivity (Wildman–Crippen MR) is 79.7 cm³/mol. The maximum atomic E-state index is 9.47. The molecule has 0 aliphatic rings. The monoisotopic (exact) mass is 265 g/mol. The van der Waals surface area contributed by atoms with Gasteiger partial charge in [0.15, 0.2) is 0 Å². The van der Waals surface area contributed by atoms with Crippen LogP contribution in [0.3, 0.4) is 0 Å². The molecule has 0 spiro atoms. The van der Waals surface area contributed by atoms with Crippen molar-refractivity contribution in [2.24, 2.45) is 0 Å². The molecular formula is C16H27NO2. The van der Waals surface area contributed by atoms with Gasteiger partial charge in [0.25, 0.3) is 0 Å². The lowest BCUT2D eigenvalue weighted by Crippen LogP contribution is -2.47. The molecule has 1 atom stereocenters. The van der Waals surface area contributed by atoms with E-state index in [1.165, 1.54) is 5.56 Å². The highest BCUT2D eigenvalue weighted by molar-refractivity contribution is 5.28. The highest BCUT2D eigenvalue weighted by atomic mass is 16.5. The number of hydrogen-bond donors (Lipinski definition) is 2. The second kappa shape index (κ2) is 8.18. The van der Waals surface area contributed by atoms with E-state index in [1.54, 1.807) is 0 Å². The number of rotatable bonds is 9. The summed E-state index contributed by atoms with van der Waals surface area (Å²) in [6, 6.07) is 8.19. The van der Waals surface area contributed by atoms with Crippen LogP contribution >= 0.6 is 0 Å². The number of aryl methyl sites for hydroxylation is 1. The van der Waals surface area contributed by atoms with Crippen LogP contribution in [-0.4, -0.2) is 30.4 Å². The molecule has 0 saturated heterocycles. The summed E-state index contributed by atoms with van der Waals surface area (Å²) in [5, 5.41) is 12.8. The molecule has 0 fully saturated rings. The van der Waals surface area contributed by atoms with Crippen molar-refractivity contribution in [2.45, 2.75) is 45.6 Å².